The summed E-state index contributed by atoms with van der Waals surface area (Å²) >= 11 is 11.7. The number of carbonyl (C=O) groups is 1. The molecule has 0 saturated heterocycles. The summed E-state index contributed by atoms with van der Waals surface area (Å²) in [5.41, 5.74) is 1.01. The van der Waals surface area contributed by atoms with E-state index in [1.54, 1.807) is 12.1 Å². The molecule has 0 amide bonds. The third-order valence-electron chi connectivity index (χ3n) is 1.78. The molecule has 0 atom stereocenters. The summed E-state index contributed by atoms with van der Waals surface area (Å²) in [4.78, 5) is 10.1. The maximum Gasteiger partial charge on any atom is 0.120 e. The second kappa shape index (κ2) is 5.25. The van der Waals surface area contributed by atoms with Crippen molar-refractivity contribution in [3.8, 4) is 0 Å². The fourth-order valence-electron chi connectivity index (χ4n) is 1.11. The summed E-state index contributed by atoms with van der Waals surface area (Å²) in [5.74, 6) is 0. The Morgan fingerprint density at radius 2 is 2.08 bits per heavy atom. The second-order valence-corrected chi connectivity index (χ2v) is 3.64. The van der Waals surface area contributed by atoms with E-state index in [2.05, 4.69) is 0 Å². The number of hydrogen-bond donors (Lipinski definition) is 0. The van der Waals surface area contributed by atoms with Crippen molar-refractivity contribution in [3.05, 3.63) is 33.8 Å². The summed E-state index contributed by atoms with van der Waals surface area (Å²) in [7, 11) is 0. The van der Waals surface area contributed by atoms with Crippen molar-refractivity contribution < 1.29 is 4.79 Å². The Morgan fingerprint density at radius 3 is 2.77 bits per heavy atom. The molecule has 1 aromatic carbocycles. The zero-order chi connectivity index (χ0) is 9.68. The summed E-state index contributed by atoms with van der Waals surface area (Å²) in [6.07, 6.45) is 3.11. The van der Waals surface area contributed by atoms with Crippen LogP contribution in [-0.4, -0.2) is 6.29 Å². The fourth-order valence-corrected chi connectivity index (χ4v) is 1.52. The van der Waals surface area contributed by atoms with E-state index in [1.165, 1.54) is 0 Å². The van der Waals surface area contributed by atoms with Crippen LogP contribution >= 0.6 is 23.2 Å². The largest absolute Gasteiger partial charge is 0.303 e. The van der Waals surface area contributed by atoms with E-state index in [1.807, 2.05) is 6.07 Å². The van der Waals surface area contributed by atoms with Crippen molar-refractivity contribution in [1.82, 2.24) is 0 Å². The van der Waals surface area contributed by atoms with Crippen LogP contribution in [0.4, 0.5) is 0 Å². The number of unbranched alkanes of at least 4 members (excludes halogenated alkanes) is 1. The average Bonchev–Trinajstić information content (AvgIpc) is 2.11. The number of halogens is 2. The van der Waals surface area contributed by atoms with Gasteiger partial charge in [-0.05, 0) is 36.6 Å². The lowest BCUT2D eigenvalue weighted by Gasteiger charge is -2.02. The molecule has 0 spiro atoms. The highest BCUT2D eigenvalue weighted by Gasteiger charge is 2.00. The number of rotatable bonds is 4. The van der Waals surface area contributed by atoms with Gasteiger partial charge in [0.25, 0.3) is 0 Å². The van der Waals surface area contributed by atoms with Crippen molar-refractivity contribution in [2.45, 2.75) is 19.3 Å². The maximum absolute atomic E-state index is 10.1. The van der Waals surface area contributed by atoms with Crippen molar-refractivity contribution in [3.63, 3.8) is 0 Å². The van der Waals surface area contributed by atoms with Crippen LogP contribution in [0, 0.1) is 0 Å². The quantitative estimate of drug-likeness (QED) is 0.557. The van der Waals surface area contributed by atoms with Gasteiger partial charge in [-0.1, -0.05) is 23.2 Å². The fraction of sp³-hybridized carbons (Fsp3) is 0.300. The Bertz CT molecular complexity index is 297. The van der Waals surface area contributed by atoms with E-state index in [9.17, 15) is 4.79 Å². The second-order valence-electron chi connectivity index (χ2n) is 2.79. The lowest BCUT2D eigenvalue weighted by atomic mass is 10.1. The molecule has 0 aliphatic rings. The number of aldehydes is 1. The molecule has 0 radical (unpaired) electrons. The maximum atomic E-state index is 10.1. The lowest BCUT2D eigenvalue weighted by Crippen LogP contribution is -1.87. The van der Waals surface area contributed by atoms with Gasteiger partial charge in [-0.2, -0.15) is 0 Å². The standard InChI is InChI=1S/C10H10Cl2O/c11-9-4-5-10(12)8(7-9)3-1-2-6-13/h4-7H,1-3H2. The van der Waals surface area contributed by atoms with Crippen LogP contribution in [-0.2, 0) is 11.2 Å². The Balaban J connectivity index is 2.64. The van der Waals surface area contributed by atoms with Gasteiger partial charge in [-0.3, -0.25) is 0 Å². The predicted molar refractivity (Wildman–Crippen MR) is 55.5 cm³/mol. The summed E-state index contributed by atoms with van der Waals surface area (Å²) in [6.45, 7) is 0. The number of benzene rings is 1. The Hall–Kier alpha value is -0.530. The lowest BCUT2D eigenvalue weighted by molar-refractivity contribution is -0.107. The number of hydrogen-bond acceptors (Lipinski definition) is 1. The first kappa shape index (κ1) is 10.6. The van der Waals surface area contributed by atoms with Crippen LogP contribution in [0.5, 0.6) is 0 Å². The van der Waals surface area contributed by atoms with Gasteiger partial charge in [0.2, 0.25) is 0 Å². The molecule has 1 nitrogen and oxygen atoms in total. The van der Waals surface area contributed by atoms with Crippen LogP contribution in [0.2, 0.25) is 10.0 Å². The molecule has 0 saturated carbocycles. The minimum Gasteiger partial charge on any atom is -0.303 e. The summed E-state index contributed by atoms with van der Waals surface area (Å²) in [6, 6.07) is 5.38. The zero-order valence-electron chi connectivity index (χ0n) is 7.09. The van der Waals surface area contributed by atoms with Crippen LogP contribution in [0.25, 0.3) is 0 Å². The van der Waals surface area contributed by atoms with Gasteiger partial charge in [-0.15, -0.1) is 0 Å². The van der Waals surface area contributed by atoms with E-state index in [0.717, 1.165) is 29.7 Å². The zero-order valence-corrected chi connectivity index (χ0v) is 8.61. The van der Waals surface area contributed by atoms with Gasteiger partial charge >= 0.3 is 0 Å². The van der Waals surface area contributed by atoms with Gasteiger partial charge in [-0.25, -0.2) is 0 Å². The predicted octanol–water partition coefficient (Wildman–Crippen LogP) is 3.52. The normalized spacial score (nSPS) is 10.0. The molecule has 0 heterocycles. The molecule has 1 rings (SSSR count). The molecule has 13 heavy (non-hydrogen) atoms. The Labute approximate surface area is 87.7 Å². The molecule has 1 aromatic rings. The average molecular weight is 217 g/mol. The molecule has 70 valence electrons. The highest BCUT2D eigenvalue weighted by atomic mass is 35.5. The van der Waals surface area contributed by atoms with Crippen LogP contribution in [0.3, 0.4) is 0 Å². The number of carbonyl (C=O) groups excluding carboxylic acids is 1. The van der Waals surface area contributed by atoms with E-state index < -0.39 is 0 Å². The van der Waals surface area contributed by atoms with Crippen LogP contribution in [0.1, 0.15) is 18.4 Å². The molecule has 0 aromatic heterocycles. The monoisotopic (exact) mass is 216 g/mol. The van der Waals surface area contributed by atoms with Gasteiger partial charge in [0.15, 0.2) is 0 Å². The third-order valence-corrected chi connectivity index (χ3v) is 2.38. The molecule has 0 unspecified atom stereocenters. The highest BCUT2D eigenvalue weighted by molar-refractivity contribution is 6.33. The van der Waals surface area contributed by atoms with Gasteiger partial charge in [0.1, 0.15) is 6.29 Å². The minimum absolute atomic E-state index is 0.572. The number of aryl methyl sites for hydroxylation is 1. The molecular formula is C10H10Cl2O. The topological polar surface area (TPSA) is 17.1 Å². The van der Waals surface area contributed by atoms with E-state index in [-0.39, 0.29) is 0 Å². The first-order valence-electron chi connectivity index (χ1n) is 4.11. The molecule has 0 aliphatic carbocycles. The Kier molecular flexibility index (Phi) is 4.26. The molecule has 0 N–H and O–H groups in total. The van der Waals surface area contributed by atoms with E-state index in [4.69, 9.17) is 23.2 Å². The van der Waals surface area contributed by atoms with Crippen LogP contribution in [0.15, 0.2) is 18.2 Å². The van der Waals surface area contributed by atoms with Crippen molar-refractivity contribution in [2.24, 2.45) is 0 Å². The molecule has 0 aliphatic heterocycles. The van der Waals surface area contributed by atoms with Crippen molar-refractivity contribution >= 4 is 29.5 Å². The summed E-state index contributed by atoms with van der Waals surface area (Å²) < 4.78 is 0. The molecular weight excluding hydrogens is 207 g/mol. The molecule has 0 fully saturated rings. The van der Waals surface area contributed by atoms with Gasteiger partial charge in [0.05, 0.1) is 0 Å². The van der Waals surface area contributed by atoms with Gasteiger partial charge in [0, 0.05) is 16.5 Å². The summed E-state index contributed by atoms with van der Waals surface area (Å²) in [5, 5.41) is 1.40. The molecule has 0 bridgehead atoms. The van der Waals surface area contributed by atoms with E-state index in [0.29, 0.717) is 11.4 Å². The molecule has 3 heteroatoms. The van der Waals surface area contributed by atoms with Crippen LogP contribution < -0.4 is 0 Å². The van der Waals surface area contributed by atoms with E-state index >= 15 is 0 Å². The first-order chi connectivity index (χ1) is 6.24. The first-order valence-corrected chi connectivity index (χ1v) is 4.87. The highest BCUT2D eigenvalue weighted by Crippen LogP contribution is 2.21. The third kappa shape index (κ3) is 3.37. The smallest absolute Gasteiger partial charge is 0.120 e. The van der Waals surface area contributed by atoms with Crippen molar-refractivity contribution in [2.75, 3.05) is 0 Å². The SMILES string of the molecule is O=CCCCc1cc(Cl)ccc1Cl. The van der Waals surface area contributed by atoms with Crippen molar-refractivity contribution in [1.29, 1.82) is 0 Å². The minimum atomic E-state index is 0.572. The van der Waals surface area contributed by atoms with Gasteiger partial charge < -0.3 is 4.79 Å². The Morgan fingerprint density at radius 1 is 1.31 bits per heavy atom.